The Morgan fingerprint density at radius 1 is 1.23 bits per heavy atom. The second-order valence-electron chi connectivity index (χ2n) is 6.85. The molecule has 2 bridgehead atoms. The molecule has 2 saturated carbocycles. The number of benzene rings is 1. The fourth-order valence-corrected chi connectivity index (χ4v) is 5.00. The fraction of sp³-hybridized carbons (Fsp3) is 0.611. The normalized spacial score (nSPS) is 29.3. The van der Waals surface area contributed by atoms with Crippen molar-refractivity contribution in [2.24, 2.45) is 17.8 Å². The van der Waals surface area contributed by atoms with E-state index in [0.717, 1.165) is 16.7 Å². The van der Waals surface area contributed by atoms with Crippen LogP contribution in [0.1, 0.15) is 39.5 Å². The predicted octanol–water partition coefficient (Wildman–Crippen LogP) is 4.25. The standard InChI is InChI=1S/C18H24FNOS/c1-11(17-10-13-3-4-14(17)9-13)20-18(21)12(2)22-16-7-5-15(19)6-8-16/h5-8,11-14,17H,3-4,9-10H2,1-2H3,(H,20,21)/t11-,12+,13+,14+,17+/m1/s1. The van der Waals surface area contributed by atoms with Crippen LogP contribution in [0.4, 0.5) is 4.39 Å². The maximum absolute atomic E-state index is 12.9. The molecule has 0 aliphatic heterocycles. The van der Waals surface area contributed by atoms with Gasteiger partial charge in [-0.15, -0.1) is 11.8 Å². The Labute approximate surface area is 136 Å². The number of rotatable bonds is 5. The summed E-state index contributed by atoms with van der Waals surface area (Å²) in [5.41, 5.74) is 0. The van der Waals surface area contributed by atoms with E-state index in [-0.39, 0.29) is 23.0 Å². The molecule has 0 spiro atoms. The summed E-state index contributed by atoms with van der Waals surface area (Å²) in [5.74, 6) is 2.22. The van der Waals surface area contributed by atoms with Gasteiger partial charge in [-0.1, -0.05) is 6.42 Å². The highest BCUT2D eigenvalue weighted by Gasteiger charge is 2.42. The van der Waals surface area contributed by atoms with Gasteiger partial charge in [0.15, 0.2) is 0 Å². The minimum atomic E-state index is -0.244. The van der Waals surface area contributed by atoms with E-state index >= 15 is 0 Å². The number of hydrogen-bond donors (Lipinski definition) is 1. The van der Waals surface area contributed by atoms with Gasteiger partial charge in [-0.25, -0.2) is 4.39 Å². The maximum Gasteiger partial charge on any atom is 0.233 e. The Hall–Kier alpha value is -1.03. The monoisotopic (exact) mass is 321 g/mol. The van der Waals surface area contributed by atoms with Crippen LogP contribution in [0.3, 0.4) is 0 Å². The van der Waals surface area contributed by atoms with Crippen molar-refractivity contribution in [1.29, 1.82) is 0 Å². The molecule has 2 nitrogen and oxygen atoms in total. The van der Waals surface area contributed by atoms with Crippen LogP contribution in [-0.4, -0.2) is 17.2 Å². The van der Waals surface area contributed by atoms with Crippen molar-refractivity contribution in [3.05, 3.63) is 30.1 Å². The molecule has 120 valence electrons. The molecule has 4 heteroatoms. The first-order valence-corrected chi connectivity index (χ1v) is 9.13. The van der Waals surface area contributed by atoms with Gasteiger partial charge in [-0.2, -0.15) is 0 Å². The highest BCUT2D eigenvalue weighted by molar-refractivity contribution is 8.00. The van der Waals surface area contributed by atoms with Gasteiger partial charge in [0.25, 0.3) is 0 Å². The Balaban J connectivity index is 1.51. The third kappa shape index (κ3) is 3.48. The topological polar surface area (TPSA) is 29.1 Å². The third-order valence-electron chi connectivity index (χ3n) is 5.30. The van der Waals surface area contributed by atoms with Crippen LogP contribution in [0.25, 0.3) is 0 Å². The van der Waals surface area contributed by atoms with Gasteiger partial charge in [0.05, 0.1) is 5.25 Å². The van der Waals surface area contributed by atoms with Gasteiger partial charge in [-0.3, -0.25) is 4.79 Å². The molecule has 1 aromatic rings. The van der Waals surface area contributed by atoms with E-state index in [4.69, 9.17) is 0 Å². The minimum absolute atomic E-state index is 0.0876. The number of thioether (sulfide) groups is 1. The van der Waals surface area contributed by atoms with E-state index in [1.165, 1.54) is 49.6 Å². The quantitative estimate of drug-likeness (QED) is 0.822. The predicted molar refractivity (Wildman–Crippen MR) is 88.3 cm³/mol. The Bertz CT molecular complexity index is 532. The van der Waals surface area contributed by atoms with Crippen molar-refractivity contribution in [2.75, 3.05) is 0 Å². The summed E-state index contributed by atoms with van der Waals surface area (Å²) >= 11 is 1.48. The van der Waals surface area contributed by atoms with Crippen molar-refractivity contribution in [2.45, 2.75) is 55.7 Å². The summed E-state index contributed by atoms with van der Waals surface area (Å²) < 4.78 is 12.9. The lowest BCUT2D eigenvalue weighted by Crippen LogP contribution is -2.43. The highest BCUT2D eigenvalue weighted by Crippen LogP contribution is 2.49. The van der Waals surface area contributed by atoms with Gasteiger partial charge in [0, 0.05) is 10.9 Å². The first kappa shape index (κ1) is 15.9. The van der Waals surface area contributed by atoms with Gasteiger partial charge < -0.3 is 5.32 Å². The molecule has 1 N–H and O–H groups in total. The van der Waals surface area contributed by atoms with E-state index in [1.54, 1.807) is 12.1 Å². The summed E-state index contributed by atoms with van der Waals surface area (Å²) in [6.07, 6.45) is 5.38. The molecule has 3 rings (SSSR count). The van der Waals surface area contributed by atoms with E-state index in [1.807, 2.05) is 6.92 Å². The Morgan fingerprint density at radius 2 is 1.95 bits per heavy atom. The van der Waals surface area contributed by atoms with Crippen LogP contribution in [0.15, 0.2) is 29.2 Å². The van der Waals surface area contributed by atoms with Crippen LogP contribution in [0, 0.1) is 23.6 Å². The zero-order chi connectivity index (χ0) is 15.7. The molecule has 5 atom stereocenters. The molecular formula is C18H24FNOS. The largest absolute Gasteiger partial charge is 0.352 e. The summed E-state index contributed by atoms with van der Waals surface area (Å²) in [5, 5.41) is 3.04. The molecule has 1 aromatic carbocycles. The van der Waals surface area contributed by atoms with E-state index in [9.17, 15) is 9.18 Å². The smallest absolute Gasteiger partial charge is 0.233 e. The third-order valence-corrected chi connectivity index (χ3v) is 6.41. The number of fused-ring (bicyclic) bond motifs is 2. The fourth-order valence-electron chi connectivity index (χ4n) is 4.13. The van der Waals surface area contributed by atoms with E-state index in [2.05, 4.69) is 12.2 Å². The summed E-state index contributed by atoms with van der Waals surface area (Å²) in [7, 11) is 0. The van der Waals surface area contributed by atoms with E-state index in [0.29, 0.717) is 5.92 Å². The number of hydrogen-bond acceptors (Lipinski definition) is 2. The number of halogens is 1. The molecule has 2 fully saturated rings. The number of carbonyl (C=O) groups is 1. The van der Waals surface area contributed by atoms with Crippen molar-refractivity contribution >= 4 is 17.7 Å². The van der Waals surface area contributed by atoms with Crippen LogP contribution in [0.5, 0.6) is 0 Å². The summed E-state index contributed by atoms with van der Waals surface area (Å²) in [6.45, 7) is 4.06. The molecule has 0 aromatic heterocycles. The van der Waals surface area contributed by atoms with Crippen LogP contribution in [0.2, 0.25) is 0 Å². The average molecular weight is 321 g/mol. The lowest BCUT2D eigenvalue weighted by Gasteiger charge is -2.29. The number of nitrogens with one attached hydrogen (secondary N) is 1. The minimum Gasteiger partial charge on any atom is -0.352 e. The molecule has 0 saturated heterocycles. The first-order valence-electron chi connectivity index (χ1n) is 8.25. The second kappa shape index (κ2) is 6.61. The Morgan fingerprint density at radius 3 is 2.55 bits per heavy atom. The zero-order valence-electron chi connectivity index (χ0n) is 13.2. The van der Waals surface area contributed by atoms with Crippen LogP contribution in [-0.2, 0) is 4.79 Å². The second-order valence-corrected chi connectivity index (χ2v) is 8.26. The molecule has 0 heterocycles. The summed E-state index contributed by atoms with van der Waals surface area (Å²) in [4.78, 5) is 13.3. The van der Waals surface area contributed by atoms with Crippen molar-refractivity contribution in [3.8, 4) is 0 Å². The first-order chi connectivity index (χ1) is 10.5. The zero-order valence-corrected chi connectivity index (χ0v) is 14.0. The SMILES string of the molecule is C[C@H](Sc1ccc(F)cc1)C(=O)N[C@H](C)[C@@H]1C[C@H]2CC[C@H]1C2. The number of carbonyl (C=O) groups excluding carboxylic acids is 1. The van der Waals surface area contributed by atoms with Gasteiger partial charge >= 0.3 is 0 Å². The number of amides is 1. The average Bonchev–Trinajstić information content (AvgIpc) is 3.12. The van der Waals surface area contributed by atoms with Gasteiger partial charge in [0.1, 0.15) is 5.82 Å². The molecule has 22 heavy (non-hydrogen) atoms. The molecule has 0 unspecified atom stereocenters. The van der Waals surface area contributed by atoms with Crippen molar-refractivity contribution in [3.63, 3.8) is 0 Å². The Kier molecular flexibility index (Phi) is 4.76. The highest BCUT2D eigenvalue weighted by atomic mass is 32.2. The lowest BCUT2D eigenvalue weighted by atomic mass is 9.84. The lowest BCUT2D eigenvalue weighted by molar-refractivity contribution is -0.121. The molecule has 0 radical (unpaired) electrons. The van der Waals surface area contributed by atoms with Gasteiger partial charge in [0.2, 0.25) is 5.91 Å². The maximum atomic E-state index is 12.9. The summed E-state index contributed by atoms with van der Waals surface area (Å²) in [6, 6.07) is 6.58. The van der Waals surface area contributed by atoms with E-state index < -0.39 is 0 Å². The van der Waals surface area contributed by atoms with Crippen molar-refractivity contribution < 1.29 is 9.18 Å². The molecule has 2 aliphatic carbocycles. The molecule has 1 amide bonds. The molecular weight excluding hydrogens is 297 g/mol. The van der Waals surface area contributed by atoms with Crippen LogP contribution < -0.4 is 5.32 Å². The van der Waals surface area contributed by atoms with Gasteiger partial charge in [-0.05, 0) is 75.1 Å². The van der Waals surface area contributed by atoms with Crippen LogP contribution >= 0.6 is 11.8 Å². The van der Waals surface area contributed by atoms with Crippen molar-refractivity contribution in [1.82, 2.24) is 5.32 Å². The molecule has 2 aliphatic rings.